The molecule has 0 aliphatic carbocycles. The van der Waals surface area contributed by atoms with Crippen molar-refractivity contribution in [3.8, 4) is 11.4 Å². The second kappa shape index (κ2) is 6.04. The second-order valence-electron chi connectivity index (χ2n) is 5.43. The molecule has 4 rings (SSSR count). The number of rotatable bonds is 4. The molecule has 25 heavy (non-hydrogen) atoms. The largest absolute Gasteiger partial charge is 0.366 e. The number of H-pyrrole nitrogens is 1. The van der Waals surface area contributed by atoms with Gasteiger partial charge in [0.1, 0.15) is 5.52 Å². The molecule has 2 aromatic carbocycles. The van der Waals surface area contributed by atoms with Crippen LogP contribution in [0.1, 0.15) is 10.4 Å². The lowest BCUT2D eigenvalue weighted by Gasteiger charge is -2.08. The standard InChI is InChI=1S/C18H14N6O/c19-15(25)11-6-8-12(9-7-11)16-23-17-14(20-10-21-17)18(24-16)22-13-4-2-1-3-5-13/h1-10H,(H2,19,25)(H2,20,21,22,23,24). The number of carbonyl (C=O) groups is 1. The Bertz CT molecular complexity index is 1040. The number of amides is 1. The minimum atomic E-state index is -0.471. The van der Waals surface area contributed by atoms with Gasteiger partial charge in [-0.25, -0.2) is 15.0 Å². The van der Waals surface area contributed by atoms with E-state index in [0.29, 0.717) is 22.9 Å². The van der Waals surface area contributed by atoms with Crippen LogP contribution in [-0.2, 0) is 0 Å². The number of aromatic nitrogens is 4. The van der Waals surface area contributed by atoms with E-state index >= 15 is 0 Å². The fraction of sp³-hybridized carbons (Fsp3) is 0. The molecule has 1 amide bonds. The lowest BCUT2D eigenvalue weighted by molar-refractivity contribution is 0.100. The van der Waals surface area contributed by atoms with Crippen LogP contribution in [0.3, 0.4) is 0 Å². The summed E-state index contributed by atoms with van der Waals surface area (Å²) in [5.41, 5.74) is 8.68. The Morgan fingerprint density at radius 1 is 1.00 bits per heavy atom. The predicted molar refractivity (Wildman–Crippen MR) is 95.4 cm³/mol. The number of fused-ring (bicyclic) bond motifs is 1. The fourth-order valence-corrected chi connectivity index (χ4v) is 2.49. The maximum absolute atomic E-state index is 11.2. The lowest BCUT2D eigenvalue weighted by atomic mass is 10.1. The Labute approximate surface area is 143 Å². The summed E-state index contributed by atoms with van der Waals surface area (Å²) in [6.45, 7) is 0. The molecule has 0 spiro atoms. The van der Waals surface area contributed by atoms with Crippen molar-refractivity contribution in [2.45, 2.75) is 0 Å². The van der Waals surface area contributed by atoms with Gasteiger partial charge in [-0.05, 0) is 24.3 Å². The van der Waals surface area contributed by atoms with E-state index in [1.54, 1.807) is 30.6 Å². The van der Waals surface area contributed by atoms with Gasteiger partial charge in [0.05, 0.1) is 6.33 Å². The average molecular weight is 330 g/mol. The highest BCUT2D eigenvalue weighted by Gasteiger charge is 2.12. The van der Waals surface area contributed by atoms with Crippen molar-refractivity contribution >= 4 is 28.6 Å². The molecule has 0 saturated carbocycles. The van der Waals surface area contributed by atoms with Crippen LogP contribution in [0.4, 0.5) is 11.5 Å². The number of para-hydroxylation sites is 1. The monoisotopic (exact) mass is 330 g/mol. The van der Waals surface area contributed by atoms with Crippen LogP contribution in [0.5, 0.6) is 0 Å². The number of nitrogens with one attached hydrogen (secondary N) is 2. The third kappa shape index (κ3) is 2.90. The summed E-state index contributed by atoms with van der Waals surface area (Å²) in [4.78, 5) is 27.6. The molecular weight excluding hydrogens is 316 g/mol. The Morgan fingerprint density at radius 3 is 2.48 bits per heavy atom. The SMILES string of the molecule is NC(=O)c1ccc(-c2nc(Nc3ccccc3)c3[nH]cnc3n2)cc1. The van der Waals surface area contributed by atoms with Gasteiger partial charge in [-0.3, -0.25) is 4.79 Å². The maximum atomic E-state index is 11.2. The molecule has 7 heteroatoms. The topological polar surface area (TPSA) is 110 Å². The number of hydrogen-bond donors (Lipinski definition) is 3. The van der Waals surface area contributed by atoms with E-state index in [-0.39, 0.29) is 0 Å². The van der Waals surface area contributed by atoms with Crippen LogP contribution >= 0.6 is 0 Å². The number of aromatic amines is 1. The number of primary amides is 1. The molecule has 0 bridgehead atoms. The fourth-order valence-electron chi connectivity index (χ4n) is 2.49. The average Bonchev–Trinajstić information content (AvgIpc) is 3.11. The van der Waals surface area contributed by atoms with Crippen LogP contribution < -0.4 is 11.1 Å². The molecular formula is C18H14N6O. The van der Waals surface area contributed by atoms with Crippen LogP contribution in [-0.4, -0.2) is 25.8 Å². The number of nitrogens with zero attached hydrogens (tertiary/aromatic N) is 3. The van der Waals surface area contributed by atoms with Crippen molar-refractivity contribution in [2.24, 2.45) is 5.73 Å². The van der Waals surface area contributed by atoms with Crippen molar-refractivity contribution in [1.29, 1.82) is 0 Å². The molecule has 4 aromatic rings. The number of benzene rings is 2. The predicted octanol–water partition coefficient (Wildman–Crippen LogP) is 2.86. The van der Waals surface area contributed by atoms with Crippen LogP contribution in [0.2, 0.25) is 0 Å². The molecule has 2 heterocycles. The Morgan fingerprint density at radius 2 is 1.76 bits per heavy atom. The van der Waals surface area contributed by atoms with Gasteiger partial charge in [-0.15, -0.1) is 0 Å². The first-order valence-electron chi connectivity index (χ1n) is 7.64. The van der Waals surface area contributed by atoms with Crippen molar-refractivity contribution in [2.75, 3.05) is 5.32 Å². The molecule has 0 saturated heterocycles. The van der Waals surface area contributed by atoms with Gasteiger partial charge >= 0.3 is 0 Å². The minimum absolute atomic E-state index is 0.437. The molecule has 0 aliphatic rings. The molecule has 0 radical (unpaired) electrons. The third-order valence-electron chi connectivity index (χ3n) is 3.75. The smallest absolute Gasteiger partial charge is 0.248 e. The van der Waals surface area contributed by atoms with Crippen molar-refractivity contribution in [3.05, 3.63) is 66.5 Å². The summed E-state index contributed by atoms with van der Waals surface area (Å²) >= 11 is 0. The van der Waals surface area contributed by atoms with E-state index in [2.05, 4.69) is 25.3 Å². The Balaban J connectivity index is 1.78. The van der Waals surface area contributed by atoms with Crippen molar-refractivity contribution in [3.63, 3.8) is 0 Å². The van der Waals surface area contributed by atoms with Crippen LogP contribution in [0, 0.1) is 0 Å². The van der Waals surface area contributed by atoms with E-state index in [9.17, 15) is 4.79 Å². The first-order valence-corrected chi connectivity index (χ1v) is 7.64. The Kier molecular flexibility index (Phi) is 3.59. The van der Waals surface area contributed by atoms with Gasteiger partial charge in [-0.2, -0.15) is 0 Å². The van der Waals surface area contributed by atoms with Gasteiger partial charge < -0.3 is 16.0 Å². The summed E-state index contributed by atoms with van der Waals surface area (Å²) in [6, 6.07) is 16.6. The third-order valence-corrected chi connectivity index (χ3v) is 3.75. The zero-order valence-corrected chi connectivity index (χ0v) is 13.1. The highest BCUT2D eigenvalue weighted by atomic mass is 16.1. The van der Waals surface area contributed by atoms with Crippen LogP contribution in [0.15, 0.2) is 60.9 Å². The van der Waals surface area contributed by atoms with Gasteiger partial charge in [0, 0.05) is 16.8 Å². The highest BCUT2D eigenvalue weighted by molar-refractivity contribution is 5.93. The maximum Gasteiger partial charge on any atom is 0.248 e. The first kappa shape index (κ1) is 14.8. The van der Waals surface area contributed by atoms with Gasteiger partial charge in [0.2, 0.25) is 5.91 Å². The molecule has 0 atom stereocenters. The summed E-state index contributed by atoms with van der Waals surface area (Å²) in [5, 5.41) is 3.28. The van der Waals surface area contributed by atoms with Crippen LogP contribution in [0.25, 0.3) is 22.6 Å². The normalized spacial score (nSPS) is 10.7. The van der Waals surface area contributed by atoms with E-state index in [1.165, 1.54) is 0 Å². The molecule has 4 N–H and O–H groups in total. The number of hydrogen-bond acceptors (Lipinski definition) is 5. The van der Waals surface area contributed by atoms with E-state index < -0.39 is 5.91 Å². The molecule has 0 fully saturated rings. The molecule has 0 unspecified atom stereocenters. The zero-order valence-electron chi connectivity index (χ0n) is 13.1. The molecule has 7 nitrogen and oxygen atoms in total. The van der Waals surface area contributed by atoms with E-state index in [0.717, 1.165) is 16.8 Å². The van der Waals surface area contributed by atoms with E-state index in [1.807, 2.05) is 30.3 Å². The summed E-state index contributed by atoms with van der Waals surface area (Å²) in [6.07, 6.45) is 1.58. The van der Waals surface area contributed by atoms with Gasteiger partial charge in [0.25, 0.3) is 0 Å². The molecule has 0 aliphatic heterocycles. The molecule has 122 valence electrons. The van der Waals surface area contributed by atoms with Crippen molar-refractivity contribution in [1.82, 2.24) is 19.9 Å². The lowest BCUT2D eigenvalue weighted by Crippen LogP contribution is -2.10. The molecule has 2 aromatic heterocycles. The number of anilines is 2. The van der Waals surface area contributed by atoms with Crippen molar-refractivity contribution < 1.29 is 4.79 Å². The highest BCUT2D eigenvalue weighted by Crippen LogP contribution is 2.25. The summed E-state index contributed by atoms with van der Waals surface area (Å²) in [7, 11) is 0. The zero-order chi connectivity index (χ0) is 17.2. The summed E-state index contributed by atoms with van der Waals surface area (Å²) in [5.74, 6) is 0.665. The second-order valence-corrected chi connectivity index (χ2v) is 5.43. The number of nitrogens with two attached hydrogens (primary N) is 1. The Hall–Kier alpha value is -3.74. The quantitative estimate of drug-likeness (QED) is 0.533. The number of carbonyl (C=O) groups excluding carboxylic acids is 1. The van der Waals surface area contributed by atoms with Gasteiger partial charge in [0.15, 0.2) is 17.3 Å². The number of imidazole rings is 1. The van der Waals surface area contributed by atoms with Gasteiger partial charge in [-0.1, -0.05) is 30.3 Å². The van der Waals surface area contributed by atoms with E-state index in [4.69, 9.17) is 5.73 Å². The first-order chi connectivity index (χ1) is 12.2. The minimum Gasteiger partial charge on any atom is -0.366 e. The summed E-state index contributed by atoms with van der Waals surface area (Å²) < 4.78 is 0.